The second-order valence-corrected chi connectivity index (χ2v) is 15.0. The molecule has 3 atom stereocenters. The number of nitrogens with zero attached hydrogens (tertiary/aromatic N) is 3. The molecule has 0 amide bonds. The lowest BCUT2D eigenvalue weighted by molar-refractivity contribution is 0.142. The van der Waals surface area contributed by atoms with Gasteiger partial charge in [0.05, 0.1) is 16.4 Å². The summed E-state index contributed by atoms with van der Waals surface area (Å²) < 4.78 is 16.8. The van der Waals surface area contributed by atoms with Crippen LogP contribution in [-0.2, 0) is 6.42 Å². The van der Waals surface area contributed by atoms with Crippen LogP contribution in [0.4, 0.5) is 4.39 Å². The zero-order valence-corrected chi connectivity index (χ0v) is 29.5. The molecule has 0 bridgehead atoms. The first-order valence-electron chi connectivity index (χ1n) is 16.3. The molecule has 2 aromatic heterocycles. The third-order valence-corrected chi connectivity index (χ3v) is 10.6. The van der Waals surface area contributed by atoms with E-state index in [4.69, 9.17) is 28.5 Å². The maximum Gasteiger partial charge on any atom is 0.354 e. The number of halogens is 2. The van der Waals surface area contributed by atoms with Crippen LogP contribution in [0.3, 0.4) is 0 Å². The Labute approximate surface area is 289 Å². The van der Waals surface area contributed by atoms with Crippen molar-refractivity contribution in [2.24, 2.45) is 11.5 Å². The lowest BCUT2D eigenvalue weighted by atomic mass is 9.99. The van der Waals surface area contributed by atoms with Gasteiger partial charge in [-0.05, 0) is 93.2 Å². The third kappa shape index (κ3) is 9.00. The summed E-state index contributed by atoms with van der Waals surface area (Å²) in [5, 5.41) is 8.54. The first kappa shape index (κ1) is 35.5. The maximum absolute atomic E-state index is 15.2. The summed E-state index contributed by atoms with van der Waals surface area (Å²) >= 11 is 9.57. The number of nitrogens with one attached hydrogen (secondary N) is 2. The SMILES string of the molecule is CSCCN1[C@H](CCSC(=N)N)CCCC[C@H]1c1ccc(-n2cc3cc(-c4cc(CCC[C@H](C)N)cc(Cl)c4F)[nH]c3nc2=O)cc1. The fourth-order valence-electron chi connectivity index (χ4n) is 6.61. The molecule has 0 aliphatic carbocycles. The Morgan fingerprint density at radius 3 is 2.68 bits per heavy atom. The lowest BCUT2D eigenvalue weighted by Crippen LogP contribution is -2.39. The monoisotopic (exact) mass is 697 g/mol. The minimum absolute atomic E-state index is 0.0616. The van der Waals surface area contributed by atoms with Crippen molar-refractivity contribution in [3.8, 4) is 16.9 Å². The number of benzene rings is 2. The third-order valence-electron chi connectivity index (χ3n) is 8.96. The summed E-state index contributed by atoms with van der Waals surface area (Å²) in [5.41, 5.74) is 15.3. The van der Waals surface area contributed by atoms with Crippen LogP contribution in [0.2, 0.25) is 5.02 Å². The van der Waals surface area contributed by atoms with Crippen molar-refractivity contribution in [3.05, 3.63) is 81.1 Å². The van der Waals surface area contributed by atoms with E-state index in [1.54, 1.807) is 18.3 Å². The number of nitrogens with two attached hydrogens (primary N) is 2. The number of aryl methyl sites for hydroxylation is 1. The summed E-state index contributed by atoms with van der Waals surface area (Å²) in [5.74, 6) is 1.39. The van der Waals surface area contributed by atoms with Gasteiger partial charge in [0, 0.05) is 53.3 Å². The van der Waals surface area contributed by atoms with Crippen LogP contribution in [0.25, 0.3) is 28.0 Å². The Hall–Kier alpha value is -2.83. The molecule has 3 heterocycles. The Bertz CT molecular complexity index is 1730. The fourth-order valence-corrected chi connectivity index (χ4v) is 7.85. The smallest absolute Gasteiger partial charge is 0.354 e. The molecule has 12 heteroatoms. The van der Waals surface area contributed by atoms with Crippen molar-refractivity contribution >= 4 is 51.3 Å². The maximum atomic E-state index is 15.2. The molecule has 1 saturated heterocycles. The van der Waals surface area contributed by atoms with Crippen molar-refractivity contribution in [1.82, 2.24) is 19.4 Å². The Kier molecular flexibility index (Phi) is 12.5. The summed E-state index contributed by atoms with van der Waals surface area (Å²) in [6.07, 6.45) is 12.0. The van der Waals surface area contributed by atoms with Gasteiger partial charge < -0.3 is 16.5 Å². The second kappa shape index (κ2) is 16.5. The zero-order valence-electron chi connectivity index (χ0n) is 27.1. The minimum Gasteiger partial charge on any atom is -0.379 e. The molecule has 47 heavy (non-hydrogen) atoms. The quantitative estimate of drug-likeness (QED) is 0.0841. The molecule has 4 aromatic rings. The molecule has 0 unspecified atom stereocenters. The molecule has 1 aliphatic rings. The number of rotatable bonds is 13. The summed E-state index contributed by atoms with van der Waals surface area (Å²) in [4.78, 5) is 23.3. The number of aromatic amines is 1. The van der Waals surface area contributed by atoms with Crippen LogP contribution >= 0.6 is 35.1 Å². The topological polar surface area (TPSA) is 130 Å². The molecule has 8 nitrogen and oxygen atoms in total. The highest BCUT2D eigenvalue weighted by atomic mass is 35.5. The van der Waals surface area contributed by atoms with Crippen LogP contribution < -0.4 is 17.2 Å². The molecule has 5 rings (SSSR count). The van der Waals surface area contributed by atoms with Gasteiger partial charge in [-0.1, -0.05) is 48.3 Å². The highest BCUT2D eigenvalue weighted by Gasteiger charge is 2.29. The summed E-state index contributed by atoms with van der Waals surface area (Å²) in [6.45, 7) is 2.97. The van der Waals surface area contributed by atoms with Crippen molar-refractivity contribution in [1.29, 1.82) is 5.41 Å². The van der Waals surface area contributed by atoms with E-state index in [0.29, 0.717) is 28.3 Å². The molecular formula is C35H45ClFN7OS2. The molecular weight excluding hydrogens is 653 g/mol. The van der Waals surface area contributed by atoms with Crippen molar-refractivity contribution < 1.29 is 4.39 Å². The molecule has 6 N–H and O–H groups in total. The number of hydrogen-bond acceptors (Lipinski definition) is 7. The first-order valence-corrected chi connectivity index (χ1v) is 19.1. The van der Waals surface area contributed by atoms with Crippen molar-refractivity contribution in [2.45, 2.75) is 76.4 Å². The minimum atomic E-state index is -0.509. The number of hydrogen-bond donors (Lipinski definition) is 4. The molecule has 2 aromatic carbocycles. The Morgan fingerprint density at radius 1 is 1.19 bits per heavy atom. The fraction of sp³-hybridized carbons (Fsp3) is 0.457. The molecule has 1 fully saturated rings. The number of likely N-dealkylation sites (tertiary alicyclic amines) is 1. The van der Waals surface area contributed by atoms with Crippen LogP contribution in [0.1, 0.15) is 69.0 Å². The van der Waals surface area contributed by atoms with Gasteiger partial charge in [0.2, 0.25) is 0 Å². The van der Waals surface area contributed by atoms with E-state index in [-0.39, 0.29) is 22.3 Å². The second-order valence-electron chi connectivity index (χ2n) is 12.5. The van der Waals surface area contributed by atoms with Gasteiger partial charge in [-0.15, -0.1) is 0 Å². The number of aromatic nitrogens is 3. The van der Waals surface area contributed by atoms with Gasteiger partial charge >= 0.3 is 5.69 Å². The van der Waals surface area contributed by atoms with Gasteiger partial charge in [-0.2, -0.15) is 16.7 Å². The van der Waals surface area contributed by atoms with Crippen molar-refractivity contribution in [2.75, 3.05) is 24.3 Å². The average molecular weight is 698 g/mol. The number of amidine groups is 1. The zero-order chi connectivity index (χ0) is 33.5. The standard InChI is InChI=1S/C35H45ClFN7OS2/c1-22(38)6-5-7-23-18-28(32(37)29(36)19-23)30-20-25-21-44(35(45)42-33(25)41-30)27-12-10-24(11-13-27)31-9-4-3-8-26(14-16-47-34(39)40)43(31)15-17-46-2/h10-13,18-22,26,31H,3-9,14-17,38H2,1-2H3,(H3,39,40)(H,41,42,45)/t22-,26-,31-/m0/s1. The Morgan fingerprint density at radius 2 is 1.96 bits per heavy atom. The van der Waals surface area contributed by atoms with Gasteiger partial charge in [0.1, 0.15) is 5.65 Å². The van der Waals surface area contributed by atoms with E-state index in [1.807, 2.05) is 36.9 Å². The van der Waals surface area contributed by atoms with E-state index in [0.717, 1.165) is 74.2 Å². The predicted molar refractivity (Wildman–Crippen MR) is 198 cm³/mol. The molecule has 0 spiro atoms. The van der Waals surface area contributed by atoms with Gasteiger partial charge in [0.25, 0.3) is 0 Å². The van der Waals surface area contributed by atoms with Crippen molar-refractivity contribution in [3.63, 3.8) is 0 Å². The number of fused-ring (bicyclic) bond motifs is 1. The largest absolute Gasteiger partial charge is 0.379 e. The van der Waals surface area contributed by atoms with E-state index >= 15 is 4.39 Å². The molecule has 252 valence electrons. The highest BCUT2D eigenvalue weighted by Crippen LogP contribution is 2.36. The highest BCUT2D eigenvalue weighted by molar-refractivity contribution is 8.13. The van der Waals surface area contributed by atoms with Crippen LogP contribution in [0, 0.1) is 11.2 Å². The predicted octanol–water partition coefficient (Wildman–Crippen LogP) is 7.51. The number of H-pyrrole nitrogens is 1. The summed E-state index contributed by atoms with van der Waals surface area (Å²) in [7, 11) is 0. The van der Waals surface area contributed by atoms with Crippen LogP contribution in [0.5, 0.6) is 0 Å². The van der Waals surface area contributed by atoms with E-state index in [9.17, 15) is 4.79 Å². The summed E-state index contributed by atoms with van der Waals surface area (Å²) in [6, 6.07) is 14.3. The number of thioether (sulfide) groups is 2. The lowest BCUT2D eigenvalue weighted by Gasteiger charge is -2.37. The van der Waals surface area contributed by atoms with E-state index in [2.05, 4.69) is 33.3 Å². The van der Waals surface area contributed by atoms with Crippen LogP contribution in [0.15, 0.2) is 53.5 Å². The average Bonchev–Trinajstić information content (AvgIpc) is 3.34. The van der Waals surface area contributed by atoms with E-state index in [1.165, 1.54) is 28.3 Å². The van der Waals surface area contributed by atoms with Crippen LogP contribution in [-0.4, -0.2) is 61.0 Å². The van der Waals surface area contributed by atoms with Gasteiger partial charge in [0.15, 0.2) is 11.0 Å². The Balaban J connectivity index is 1.40. The normalized spacial score (nSPS) is 18.0. The molecule has 1 aliphatic heterocycles. The first-order chi connectivity index (χ1) is 22.6. The molecule has 0 saturated carbocycles. The van der Waals surface area contributed by atoms with Gasteiger partial charge in [-0.3, -0.25) is 14.9 Å². The molecule has 0 radical (unpaired) electrons. The van der Waals surface area contributed by atoms with E-state index < -0.39 is 11.5 Å². The van der Waals surface area contributed by atoms with Gasteiger partial charge in [-0.25, -0.2) is 9.18 Å².